The molecule has 0 amide bonds. The summed E-state index contributed by atoms with van der Waals surface area (Å²) in [6.07, 6.45) is 5.74. The lowest BCUT2D eigenvalue weighted by molar-refractivity contribution is 0.150. The molecule has 1 aliphatic rings. The summed E-state index contributed by atoms with van der Waals surface area (Å²) in [5.74, 6) is 0.984. The third-order valence-corrected chi connectivity index (χ3v) is 3.58. The minimum absolute atomic E-state index is 0.411. The van der Waals surface area contributed by atoms with Gasteiger partial charge in [-0.25, -0.2) is 9.50 Å². The maximum atomic E-state index is 4.64. The summed E-state index contributed by atoms with van der Waals surface area (Å²) in [7, 11) is 0. The lowest BCUT2D eigenvalue weighted by Gasteiger charge is -2.32. The first kappa shape index (κ1) is 10.7. The van der Waals surface area contributed by atoms with Crippen LogP contribution in [0.1, 0.15) is 38.1 Å². The molecule has 0 aromatic carbocycles. The quantitative estimate of drug-likeness (QED) is 0.793. The van der Waals surface area contributed by atoms with E-state index in [1.165, 1.54) is 25.8 Å². The molecule has 0 radical (unpaired) electrons. The van der Waals surface area contributed by atoms with Crippen LogP contribution in [-0.2, 0) is 0 Å². The maximum Gasteiger partial charge on any atom is 0.168 e. The molecule has 1 aliphatic heterocycles. The molecule has 0 aliphatic carbocycles. The van der Waals surface area contributed by atoms with Crippen LogP contribution in [0.3, 0.4) is 0 Å². The van der Waals surface area contributed by atoms with Crippen molar-refractivity contribution in [3.8, 4) is 0 Å². The fourth-order valence-corrected chi connectivity index (χ4v) is 2.65. The van der Waals surface area contributed by atoms with Crippen LogP contribution >= 0.6 is 0 Å². The molecule has 0 N–H and O–H groups in total. The van der Waals surface area contributed by atoms with Crippen LogP contribution in [0.15, 0.2) is 24.4 Å². The van der Waals surface area contributed by atoms with Gasteiger partial charge in [-0.05, 0) is 38.1 Å². The topological polar surface area (TPSA) is 33.4 Å². The fourth-order valence-electron chi connectivity index (χ4n) is 2.65. The third-order valence-electron chi connectivity index (χ3n) is 3.58. The molecule has 1 atom stereocenters. The summed E-state index contributed by atoms with van der Waals surface area (Å²) < 4.78 is 1.87. The van der Waals surface area contributed by atoms with Crippen molar-refractivity contribution in [3.63, 3.8) is 0 Å². The molecule has 0 bridgehead atoms. The van der Waals surface area contributed by atoms with Crippen molar-refractivity contribution < 1.29 is 0 Å². The predicted molar refractivity (Wildman–Crippen MR) is 66.8 cm³/mol. The first-order valence-electron chi connectivity index (χ1n) is 6.44. The molecular formula is C13H18N4. The molecule has 0 spiro atoms. The summed E-state index contributed by atoms with van der Waals surface area (Å²) >= 11 is 0. The molecule has 90 valence electrons. The Labute approximate surface area is 101 Å². The molecule has 17 heavy (non-hydrogen) atoms. The van der Waals surface area contributed by atoms with E-state index in [0.717, 1.165) is 18.0 Å². The summed E-state index contributed by atoms with van der Waals surface area (Å²) in [4.78, 5) is 7.13. The van der Waals surface area contributed by atoms with Crippen molar-refractivity contribution in [1.82, 2.24) is 19.5 Å². The molecule has 4 nitrogen and oxygen atoms in total. The highest BCUT2D eigenvalue weighted by Crippen LogP contribution is 2.28. The third kappa shape index (κ3) is 1.93. The molecule has 1 saturated heterocycles. The Morgan fingerprint density at radius 2 is 2.29 bits per heavy atom. The maximum absolute atomic E-state index is 4.64. The zero-order valence-electron chi connectivity index (χ0n) is 10.2. The van der Waals surface area contributed by atoms with Gasteiger partial charge in [-0.2, -0.15) is 0 Å². The lowest BCUT2D eigenvalue weighted by atomic mass is 10.0. The highest BCUT2D eigenvalue weighted by molar-refractivity contribution is 5.36. The van der Waals surface area contributed by atoms with Gasteiger partial charge < -0.3 is 0 Å². The lowest BCUT2D eigenvalue weighted by Crippen LogP contribution is -2.33. The van der Waals surface area contributed by atoms with E-state index >= 15 is 0 Å². The van der Waals surface area contributed by atoms with Gasteiger partial charge in [0.05, 0.1) is 6.04 Å². The fraction of sp³-hybridized carbons (Fsp3) is 0.538. The summed E-state index contributed by atoms with van der Waals surface area (Å²) in [5.41, 5.74) is 0.948. The summed E-state index contributed by atoms with van der Waals surface area (Å²) in [5, 5.41) is 4.60. The Hall–Kier alpha value is -1.42. The Balaban J connectivity index is 1.96. The van der Waals surface area contributed by atoms with Gasteiger partial charge in [0.15, 0.2) is 11.5 Å². The van der Waals surface area contributed by atoms with E-state index in [1.807, 2.05) is 28.9 Å². The van der Waals surface area contributed by atoms with Gasteiger partial charge in [0, 0.05) is 6.20 Å². The average Bonchev–Trinajstić information content (AvgIpc) is 2.82. The van der Waals surface area contributed by atoms with E-state index in [-0.39, 0.29) is 0 Å². The van der Waals surface area contributed by atoms with Crippen molar-refractivity contribution in [3.05, 3.63) is 30.2 Å². The number of pyridine rings is 1. The second kappa shape index (κ2) is 4.45. The van der Waals surface area contributed by atoms with Crippen molar-refractivity contribution in [2.75, 3.05) is 13.1 Å². The van der Waals surface area contributed by atoms with Gasteiger partial charge in [-0.1, -0.05) is 19.4 Å². The van der Waals surface area contributed by atoms with Crippen molar-refractivity contribution >= 4 is 5.65 Å². The molecule has 2 aromatic heterocycles. The molecular weight excluding hydrogens is 212 g/mol. The van der Waals surface area contributed by atoms with E-state index in [9.17, 15) is 0 Å². The monoisotopic (exact) mass is 230 g/mol. The zero-order valence-corrected chi connectivity index (χ0v) is 10.2. The van der Waals surface area contributed by atoms with E-state index in [0.29, 0.717) is 6.04 Å². The van der Waals surface area contributed by atoms with Gasteiger partial charge in [0.25, 0.3) is 0 Å². The number of likely N-dealkylation sites (tertiary alicyclic amines) is 1. The smallest absolute Gasteiger partial charge is 0.168 e. The van der Waals surface area contributed by atoms with Crippen LogP contribution in [0.2, 0.25) is 0 Å². The molecule has 3 heterocycles. The minimum atomic E-state index is 0.411. The highest BCUT2D eigenvalue weighted by Gasteiger charge is 2.25. The van der Waals surface area contributed by atoms with Crippen LogP contribution in [-0.4, -0.2) is 32.6 Å². The Morgan fingerprint density at radius 3 is 3.12 bits per heavy atom. The van der Waals surface area contributed by atoms with Crippen LogP contribution < -0.4 is 0 Å². The first-order valence-corrected chi connectivity index (χ1v) is 6.44. The van der Waals surface area contributed by atoms with E-state index < -0.39 is 0 Å². The van der Waals surface area contributed by atoms with E-state index in [1.54, 1.807) is 0 Å². The Bertz CT molecular complexity index is 472. The number of nitrogens with zero attached hydrogens (tertiary/aromatic N) is 4. The molecule has 0 saturated carbocycles. The number of piperidine rings is 1. The second-order valence-corrected chi connectivity index (χ2v) is 4.61. The normalized spacial score (nSPS) is 22.1. The van der Waals surface area contributed by atoms with Crippen molar-refractivity contribution in [2.24, 2.45) is 0 Å². The van der Waals surface area contributed by atoms with E-state index in [4.69, 9.17) is 0 Å². The second-order valence-electron chi connectivity index (χ2n) is 4.61. The zero-order chi connectivity index (χ0) is 11.7. The van der Waals surface area contributed by atoms with Crippen molar-refractivity contribution in [1.29, 1.82) is 0 Å². The number of aromatic nitrogens is 3. The van der Waals surface area contributed by atoms with Gasteiger partial charge in [0.2, 0.25) is 0 Å². The molecule has 4 heteroatoms. The molecule has 3 rings (SSSR count). The van der Waals surface area contributed by atoms with Gasteiger partial charge in [-0.3, -0.25) is 4.90 Å². The number of rotatable bonds is 2. The molecule has 2 aromatic rings. The van der Waals surface area contributed by atoms with Crippen molar-refractivity contribution in [2.45, 2.75) is 32.2 Å². The van der Waals surface area contributed by atoms with Gasteiger partial charge in [0.1, 0.15) is 0 Å². The summed E-state index contributed by atoms with van der Waals surface area (Å²) in [6.45, 7) is 4.48. The molecule has 1 unspecified atom stereocenters. The van der Waals surface area contributed by atoms with Crippen LogP contribution in [0, 0.1) is 0 Å². The minimum Gasteiger partial charge on any atom is -0.294 e. The Morgan fingerprint density at radius 1 is 1.35 bits per heavy atom. The van der Waals surface area contributed by atoms with E-state index in [2.05, 4.69) is 21.9 Å². The van der Waals surface area contributed by atoms with Crippen LogP contribution in [0.25, 0.3) is 5.65 Å². The largest absolute Gasteiger partial charge is 0.294 e. The predicted octanol–water partition coefficient (Wildman–Crippen LogP) is 2.28. The van der Waals surface area contributed by atoms with Crippen LogP contribution in [0.4, 0.5) is 0 Å². The van der Waals surface area contributed by atoms with Gasteiger partial charge >= 0.3 is 0 Å². The number of hydrogen-bond acceptors (Lipinski definition) is 3. The van der Waals surface area contributed by atoms with Gasteiger partial charge in [-0.15, -0.1) is 5.10 Å². The Kier molecular flexibility index (Phi) is 2.81. The average molecular weight is 230 g/mol. The first-order chi connectivity index (χ1) is 8.38. The molecule has 1 fully saturated rings. The standard InChI is InChI=1S/C13H18N4/c1-2-16-9-5-3-7-11(16)13-14-12-8-4-6-10-17(12)15-13/h4,6,8,10-11H,2-3,5,7,9H2,1H3. The number of fused-ring (bicyclic) bond motifs is 1. The highest BCUT2D eigenvalue weighted by atomic mass is 15.3. The van der Waals surface area contributed by atoms with Crippen LogP contribution in [0.5, 0.6) is 0 Å². The number of hydrogen-bond donors (Lipinski definition) is 0. The SMILES string of the molecule is CCN1CCCCC1c1nc2ccccn2n1. The summed E-state index contributed by atoms with van der Waals surface area (Å²) in [6, 6.07) is 6.42.